The van der Waals surface area contributed by atoms with Gasteiger partial charge in [0.05, 0.1) is 5.02 Å². The molecule has 2 aromatic rings. The number of rotatable bonds is 5. The molecular weight excluding hydrogens is 495 g/mol. The summed E-state index contributed by atoms with van der Waals surface area (Å²) in [6.07, 6.45) is -2.73. The van der Waals surface area contributed by atoms with E-state index in [4.69, 9.17) is 11.6 Å². The van der Waals surface area contributed by atoms with Crippen LogP contribution in [0, 0.1) is 5.41 Å². The average Bonchev–Trinajstić information content (AvgIpc) is 2.81. The van der Waals surface area contributed by atoms with E-state index >= 15 is 0 Å². The summed E-state index contributed by atoms with van der Waals surface area (Å²) in [5, 5.41) is 11.0. The van der Waals surface area contributed by atoms with Crippen LogP contribution in [0.15, 0.2) is 48.5 Å². The monoisotopic (exact) mass is 521 g/mol. The van der Waals surface area contributed by atoms with Gasteiger partial charge in [-0.15, -0.1) is 0 Å². The molecule has 36 heavy (non-hydrogen) atoms. The number of anilines is 1. The number of halogens is 4. The van der Waals surface area contributed by atoms with Crippen molar-refractivity contribution in [1.29, 1.82) is 0 Å². The zero-order valence-corrected chi connectivity index (χ0v) is 20.3. The SMILES string of the molecule is O=Cc1ccc(N2CCN(C3CC4(C3)CN(C(=O)C(O)(c3ccccc3)C(F)(F)F)C4)CC2)cc1Cl. The predicted octanol–water partition coefficient (Wildman–Crippen LogP) is 3.72. The van der Waals surface area contributed by atoms with E-state index in [2.05, 4.69) is 9.80 Å². The first-order valence-corrected chi connectivity index (χ1v) is 12.3. The normalized spacial score (nSPS) is 22.0. The summed E-state index contributed by atoms with van der Waals surface area (Å²) in [6.45, 7) is 3.77. The van der Waals surface area contributed by atoms with E-state index in [0.29, 0.717) is 16.6 Å². The lowest BCUT2D eigenvalue weighted by atomic mass is 9.59. The standard InChI is InChI=1S/C26H27ClF3N3O3/c27-22-12-20(7-6-18(22)15-34)31-8-10-32(11-9-31)21-13-24(14-21)16-33(17-24)23(35)25(36,26(28,29)30)19-4-2-1-3-5-19/h1-7,12,15,21,36H,8-11,13-14,16-17H2. The lowest BCUT2D eigenvalue weighted by Gasteiger charge is -2.62. The Balaban J connectivity index is 1.15. The number of hydrogen-bond donors (Lipinski definition) is 1. The van der Waals surface area contributed by atoms with E-state index in [1.54, 1.807) is 12.1 Å². The number of nitrogens with zero attached hydrogens (tertiary/aromatic N) is 3. The Hall–Kier alpha value is -2.62. The average molecular weight is 522 g/mol. The van der Waals surface area contributed by atoms with Crippen LogP contribution in [0.5, 0.6) is 0 Å². The van der Waals surface area contributed by atoms with Gasteiger partial charge in [0.25, 0.3) is 11.5 Å². The van der Waals surface area contributed by atoms with Crippen LogP contribution in [0.1, 0.15) is 28.8 Å². The molecule has 1 spiro atoms. The smallest absolute Gasteiger partial charge is 0.369 e. The van der Waals surface area contributed by atoms with Crippen LogP contribution in [-0.2, 0) is 10.4 Å². The van der Waals surface area contributed by atoms with Crippen LogP contribution in [0.3, 0.4) is 0 Å². The second-order valence-corrected chi connectivity index (χ2v) is 10.6. The number of carbonyl (C=O) groups excluding carboxylic acids is 2. The molecule has 1 saturated carbocycles. The summed E-state index contributed by atoms with van der Waals surface area (Å²) in [5.74, 6) is -1.30. The lowest BCUT2D eigenvalue weighted by Crippen LogP contribution is -2.71. The predicted molar refractivity (Wildman–Crippen MR) is 129 cm³/mol. The number of piperazine rings is 1. The number of aliphatic hydroxyl groups is 1. The van der Waals surface area contributed by atoms with Gasteiger partial charge in [0, 0.05) is 67.5 Å². The van der Waals surface area contributed by atoms with E-state index in [-0.39, 0.29) is 18.5 Å². The van der Waals surface area contributed by atoms with Crippen molar-refractivity contribution >= 4 is 29.5 Å². The highest BCUT2D eigenvalue weighted by Crippen LogP contribution is 2.52. The third kappa shape index (κ3) is 4.17. The van der Waals surface area contributed by atoms with Gasteiger partial charge in [-0.3, -0.25) is 14.5 Å². The van der Waals surface area contributed by atoms with Gasteiger partial charge in [-0.25, -0.2) is 0 Å². The molecule has 2 heterocycles. The number of aldehydes is 1. The minimum atomic E-state index is -5.12. The molecule has 2 aromatic carbocycles. The second kappa shape index (κ2) is 9.04. The first-order valence-electron chi connectivity index (χ1n) is 11.9. The van der Waals surface area contributed by atoms with Crippen molar-refractivity contribution in [3.05, 3.63) is 64.7 Å². The van der Waals surface area contributed by atoms with Crippen molar-refractivity contribution in [3.63, 3.8) is 0 Å². The fourth-order valence-electron chi connectivity index (χ4n) is 5.83. The summed E-state index contributed by atoms with van der Waals surface area (Å²) < 4.78 is 41.5. The number of amides is 1. The maximum absolute atomic E-state index is 13.8. The maximum Gasteiger partial charge on any atom is 0.430 e. The first-order chi connectivity index (χ1) is 17.1. The van der Waals surface area contributed by atoms with Gasteiger partial charge < -0.3 is 14.9 Å². The number of hydrogen-bond acceptors (Lipinski definition) is 5. The van der Waals surface area contributed by atoms with Crippen molar-refractivity contribution in [2.24, 2.45) is 5.41 Å². The Bertz CT molecular complexity index is 1140. The fraction of sp³-hybridized carbons (Fsp3) is 0.462. The molecule has 3 aliphatic rings. The lowest BCUT2D eigenvalue weighted by molar-refractivity contribution is -0.267. The van der Waals surface area contributed by atoms with Crippen LogP contribution in [0.4, 0.5) is 18.9 Å². The second-order valence-electron chi connectivity index (χ2n) is 10.1. The van der Waals surface area contributed by atoms with Gasteiger partial charge in [-0.05, 0) is 31.0 Å². The largest absolute Gasteiger partial charge is 0.430 e. The number of alkyl halides is 3. The molecule has 6 nitrogen and oxygen atoms in total. The van der Waals surface area contributed by atoms with E-state index in [0.717, 1.165) is 68.0 Å². The van der Waals surface area contributed by atoms with Gasteiger partial charge in [0.1, 0.15) is 0 Å². The van der Waals surface area contributed by atoms with Crippen molar-refractivity contribution in [2.75, 3.05) is 44.2 Å². The molecule has 10 heteroatoms. The van der Waals surface area contributed by atoms with Gasteiger partial charge in [-0.1, -0.05) is 41.9 Å². The highest BCUT2D eigenvalue weighted by molar-refractivity contribution is 6.33. The molecule has 5 rings (SSSR count). The third-order valence-corrected chi connectivity index (χ3v) is 8.22. The van der Waals surface area contributed by atoms with Crippen molar-refractivity contribution in [1.82, 2.24) is 9.80 Å². The summed E-state index contributed by atoms with van der Waals surface area (Å²) in [6, 6.07) is 12.3. The number of likely N-dealkylation sites (tertiary alicyclic amines) is 1. The van der Waals surface area contributed by atoms with Crippen LogP contribution >= 0.6 is 11.6 Å². The number of benzene rings is 2. The minimum Gasteiger partial charge on any atom is -0.369 e. The summed E-state index contributed by atoms with van der Waals surface area (Å²) >= 11 is 6.16. The van der Waals surface area contributed by atoms with E-state index < -0.39 is 23.2 Å². The molecule has 0 radical (unpaired) electrons. The van der Waals surface area contributed by atoms with Crippen LogP contribution in [-0.4, -0.2) is 78.6 Å². The molecule has 1 N–H and O–H groups in total. The third-order valence-electron chi connectivity index (χ3n) is 7.90. The molecule has 192 valence electrons. The quantitative estimate of drug-likeness (QED) is 0.608. The zero-order valence-electron chi connectivity index (χ0n) is 19.5. The molecule has 3 fully saturated rings. The summed E-state index contributed by atoms with van der Waals surface area (Å²) in [7, 11) is 0. The summed E-state index contributed by atoms with van der Waals surface area (Å²) in [5.41, 5.74) is -2.74. The van der Waals surface area contributed by atoms with Crippen LogP contribution in [0.2, 0.25) is 5.02 Å². The van der Waals surface area contributed by atoms with E-state index in [1.165, 1.54) is 18.2 Å². The Labute approximate surface area is 212 Å². The highest BCUT2D eigenvalue weighted by atomic mass is 35.5. The van der Waals surface area contributed by atoms with Crippen LogP contribution < -0.4 is 4.90 Å². The summed E-state index contributed by atoms with van der Waals surface area (Å²) in [4.78, 5) is 29.6. The van der Waals surface area contributed by atoms with Gasteiger partial charge >= 0.3 is 6.18 Å². The molecular formula is C26H27ClF3N3O3. The molecule has 2 aliphatic heterocycles. The Kier molecular flexibility index (Phi) is 6.29. The van der Waals surface area contributed by atoms with Gasteiger partial charge in [0.2, 0.25) is 0 Å². The highest BCUT2D eigenvalue weighted by Gasteiger charge is 2.65. The fourth-order valence-corrected chi connectivity index (χ4v) is 6.05. The molecule has 1 aliphatic carbocycles. The molecule has 1 atom stereocenters. The van der Waals surface area contributed by atoms with E-state index in [9.17, 15) is 27.9 Å². The van der Waals surface area contributed by atoms with Crippen molar-refractivity contribution in [3.8, 4) is 0 Å². The molecule has 2 saturated heterocycles. The van der Waals surface area contributed by atoms with Crippen LogP contribution in [0.25, 0.3) is 0 Å². The Morgan fingerprint density at radius 2 is 1.67 bits per heavy atom. The molecule has 0 bridgehead atoms. The molecule has 1 amide bonds. The molecule has 0 aromatic heterocycles. The minimum absolute atomic E-state index is 0.168. The number of carbonyl (C=O) groups is 2. The Morgan fingerprint density at radius 3 is 2.22 bits per heavy atom. The van der Waals surface area contributed by atoms with E-state index in [1.807, 2.05) is 6.07 Å². The Morgan fingerprint density at radius 1 is 1.03 bits per heavy atom. The van der Waals surface area contributed by atoms with Gasteiger partial charge in [-0.2, -0.15) is 13.2 Å². The van der Waals surface area contributed by atoms with Crippen molar-refractivity contribution in [2.45, 2.75) is 30.7 Å². The van der Waals surface area contributed by atoms with Crippen molar-refractivity contribution < 1.29 is 27.9 Å². The molecule has 1 unspecified atom stereocenters. The first kappa shape index (κ1) is 25.0. The zero-order chi connectivity index (χ0) is 25.7. The van der Waals surface area contributed by atoms with Gasteiger partial charge in [0.15, 0.2) is 6.29 Å². The topological polar surface area (TPSA) is 64.1 Å². The maximum atomic E-state index is 13.8.